The van der Waals surface area contributed by atoms with Crippen molar-refractivity contribution < 1.29 is 9.90 Å². The van der Waals surface area contributed by atoms with Gasteiger partial charge in [0, 0.05) is 31.4 Å². The lowest BCUT2D eigenvalue weighted by molar-refractivity contribution is 0.0626. The fourth-order valence-corrected chi connectivity index (χ4v) is 4.38. The number of hydrogen-bond acceptors (Lipinski definition) is 4. The Hall–Kier alpha value is -1.66. The van der Waals surface area contributed by atoms with Gasteiger partial charge in [0.1, 0.15) is 0 Å². The van der Waals surface area contributed by atoms with Crippen LogP contribution in [-0.4, -0.2) is 65.2 Å². The first kappa shape index (κ1) is 19.1. The van der Waals surface area contributed by atoms with Crippen LogP contribution in [0.4, 0.5) is 4.79 Å². The number of carbonyl (C=O) groups excluding carboxylic acids is 1. The zero-order chi connectivity index (χ0) is 18.6. The average molecular weight is 361 g/mol. The quantitative estimate of drug-likeness (QED) is 0.846. The fourth-order valence-electron chi connectivity index (χ4n) is 4.38. The summed E-state index contributed by atoms with van der Waals surface area (Å²) in [6.07, 6.45) is 7.57. The first-order chi connectivity index (χ1) is 12.5. The van der Waals surface area contributed by atoms with Crippen molar-refractivity contribution in [1.82, 2.24) is 20.1 Å². The van der Waals surface area contributed by atoms with Gasteiger partial charge in [-0.05, 0) is 57.8 Å². The lowest BCUT2D eigenvalue weighted by Gasteiger charge is -2.38. The Bertz CT molecular complexity index is 579. The Labute approximate surface area is 156 Å². The SMILES string of the molecule is CN(C)C1(CNC(=O)N2CCC([C@H](O)c3ccccn3)CC2)CCCC1. The van der Waals surface area contributed by atoms with Crippen LogP contribution in [0, 0.1) is 5.92 Å². The maximum atomic E-state index is 12.6. The van der Waals surface area contributed by atoms with Crippen molar-refractivity contribution in [1.29, 1.82) is 0 Å². The van der Waals surface area contributed by atoms with E-state index in [0.717, 1.165) is 37.9 Å². The molecule has 1 atom stereocenters. The number of pyridine rings is 1. The largest absolute Gasteiger partial charge is 0.387 e. The standard InChI is InChI=1S/C20H32N4O2/c1-23(2)20(10-4-5-11-20)15-22-19(26)24-13-8-16(9-14-24)18(25)17-7-3-6-12-21-17/h3,6-7,12,16,18,25H,4-5,8-11,13-15H2,1-2H3,(H,22,26)/t18-/m0/s1. The number of rotatable bonds is 5. The topological polar surface area (TPSA) is 68.7 Å². The second-order valence-electron chi connectivity index (χ2n) is 8.01. The van der Waals surface area contributed by atoms with Crippen LogP contribution in [-0.2, 0) is 0 Å². The molecule has 2 aliphatic rings. The van der Waals surface area contributed by atoms with Gasteiger partial charge in [-0.15, -0.1) is 0 Å². The Kier molecular flexibility index (Phi) is 6.14. The van der Waals surface area contributed by atoms with Crippen LogP contribution in [0.5, 0.6) is 0 Å². The Balaban J connectivity index is 1.48. The summed E-state index contributed by atoms with van der Waals surface area (Å²) in [5.74, 6) is 0.164. The number of nitrogens with one attached hydrogen (secondary N) is 1. The minimum Gasteiger partial charge on any atom is -0.387 e. The molecule has 6 heteroatoms. The van der Waals surface area contributed by atoms with Gasteiger partial charge in [0.15, 0.2) is 0 Å². The molecular formula is C20H32N4O2. The van der Waals surface area contributed by atoms with Gasteiger partial charge in [0.05, 0.1) is 11.8 Å². The molecule has 2 N–H and O–H groups in total. The molecule has 3 rings (SSSR count). The third-order valence-corrected chi connectivity index (χ3v) is 6.32. The van der Waals surface area contributed by atoms with Crippen LogP contribution in [0.3, 0.4) is 0 Å². The number of hydrogen-bond donors (Lipinski definition) is 2. The van der Waals surface area contributed by atoms with Crippen molar-refractivity contribution in [3.05, 3.63) is 30.1 Å². The number of piperidine rings is 1. The van der Waals surface area contributed by atoms with Gasteiger partial charge in [0.2, 0.25) is 0 Å². The fraction of sp³-hybridized carbons (Fsp3) is 0.700. The van der Waals surface area contributed by atoms with Gasteiger partial charge in [0.25, 0.3) is 0 Å². The van der Waals surface area contributed by atoms with E-state index >= 15 is 0 Å². The number of nitrogens with zero attached hydrogens (tertiary/aromatic N) is 3. The molecule has 1 aliphatic carbocycles. The number of likely N-dealkylation sites (N-methyl/N-ethyl adjacent to an activating group) is 1. The van der Waals surface area contributed by atoms with Gasteiger partial charge < -0.3 is 20.2 Å². The molecule has 1 aromatic heterocycles. The zero-order valence-corrected chi connectivity index (χ0v) is 16.0. The maximum Gasteiger partial charge on any atom is 0.317 e. The normalized spacial score (nSPS) is 21.8. The predicted molar refractivity (Wildman–Crippen MR) is 102 cm³/mol. The summed E-state index contributed by atoms with van der Waals surface area (Å²) < 4.78 is 0. The van der Waals surface area contributed by atoms with Crippen molar-refractivity contribution in [2.75, 3.05) is 33.7 Å². The van der Waals surface area contributed by atoms with Crippen molar-refractivity contribution in [2.45, 2.75) is 50.2 Å². The molecule has 2 fully saturated rings. The third kappa shape index (κ3) is 4.18. The Morgan fingerprint density at radius 1 is 1.35 bits per heavy atom. The molecule has 6 nitrogen and oxygen atoms in total. The van der Waals surface area contributed by atoms with Crippen LogP contribution in [0.1, 0.15) is 50.3 Å². The molecule has 1 aliphatic heterocycles. The van der Waals surface area contributed by atoms with E-state index in [2.05, 4.69) is 29.3 Å². The van der Waals surface area contributed by atoms with E-state index in [0.29, 0.717) is 13.1 Å². The van der Waals surface area contributed by atoms with Gasteiger partial charge >= 0.3 is 6.03 Å². The number of aromatic nitrogens is 1. The summed E-state index contributed by atoms with van der Waals surface area (Å²) in [7, 11) is 4.23. The smallest absolute Gasteiger partial charge is 0.317 e. The molecule has 0 spiro atoms. The van der Waals surface area contributed by atoms with E-state index in [4.69, 9.17) is 0 Å². The van der Waals surface area contributed by atoms with Crippen molar-refractivity contribution >= 4 is 6.03 Å². The van der Waals surface area contributed by atoms with Crippen LogP contribution in [0.2, 0.25) is 0 Å². The summed E-state index contributed by atoms with van der Waals surface area (Å²) in [6, 6.07) is 5.65. The third-order valence-electron chi connectivity index (χ3n) is 6.32. The van der Waals surface area contributed by atoms with Crippen molar-refractivity contribution in [3.8, 4) is 0 Å². The average Bonchev–Trinajstić information content (AvgIpc) is 3.17. The number of aliphatic hydroxyl groups excluding tert-OH is 1. The molecule has 0 radical (unpaired) electrons. The number of carbonyl (C=O) groups is 1. The van der Waals surface area contributed by atoms with Gasteiger partial charge in [-0.25, -0.2) is 4.79 Å². The monoisotopic (exact) mass is 360 g/mol. The first-order valence-corrected chi connectivity index (χ1v) is 9.81. The molecule has 0 aromatic carbocycles. The highest BCUT2D eigenvalue weighted by atomic mass is 16.3. The molecule has 144 valence electrons. The van der Waals surface area contributed by atoms with Crippen LogP contribution in [0.15, 0.2) is 24.4 Å². The Morgan fingerprint density at radius 2 is 2.04 bits per heavy atom. The summed E-state index contributed by atoms with van der Waals surface area (Å²) in [4.78, 5) is 21.0. The number of aliphatic hydroxyl groups is 1. The summed E-state index contributed by atoms with van der Waals surface area (Å²) in [5.41, 5.74) is 0.841. The highest BCUT2D eigenvalue weighted by Gasteiger charge is 2.37. The molecule has 2 heterocycles. The summed E-state index contributed by atoms with van der Waals surface area (Å²) >= 11 is 0. The molecular weight excluding hydrogens is 328 g/mol. The van der Waals surface area contributed by atoms with E-state index in [1.54, 1.807) is 6.20 Å². The molecule has 2 amide bonds. The molecule has 0 unspecified atom stereocenters. The van der Waals surface area contributed by atoms with Crippen LogP contribution in [0.25, 0.3) is 0 Å². The van der Waals surface area contributed by atoms with E-state index in [1.807, 2.05) is 23.1 Å². The molecule has 1 saturated carbocycles. The van der Waals surface area contributed by atoms with E-state index < -0.39 is 6.10 Å². The van der Waals surface area contributed by atoms with Crippen LogP contribution < -0.4 is 5.32 Å². The van der Waals surface area contributed by atoms with E-state index in [-0.39, 0.29) is 17.5 Å². The van der Waals surface area contributed by atoms with E-state index in [9.17, 15) is 9.90 Å². The van der Waals surface area contributed by atoms with Crippen molar-refractivity contribution in [3.63, 3.8) is 0 Å². The predicted octanol–water partition coefficient (Wildman–Crippen LogP) is 2.41. The summed E-state index contributed by atoms with van der Waals surface area (Å²) in [6.45, 7) is 2.10. The minimum atomic E-state index is -0.545. The molecule has 1 aromatic rings. The maximum absolute atomic E-state index is 12.6. The first-order valence-electron chi connectivity index (χ1n) is 9.81. The number of likely N-dealkylation sites (tertiary alicyclic amines) is 1. The van der Waals surface area contributed by atoms with Gasteiger partial charge in [-0.2, -0.15) is 0 Å². The second kappa shape index (κ2) is 8.35. The Morgan fingerprint density at radius 3 is 2.62 bits per heavy atom. The lowest BCUT2D eigenvalue weighted by Crippen LogP contribution is -2.54. The lowest BCUT2D eigenvalue weighted by atomic mass is 9.89. The number of amides is 2. The van der Waals surface area contributed by atoms with E-state index in [1.165, 1.54) is 12.8 Å². The highest BCUT2D eigenvalue weighted by molar-refractivity contribution is 5.74. The van der Waals surface area contributed by atoms with Crippen molar-refractivity contribution in [2.24, 2.45) is 5.92 Å². The number of urea groups is 1. The highest BCUT2D eigenvalue weighted by Crippen LogP contribution is 2.33. The van der Waals surface area contributed by atoms with Crippen LogP contribution >= 0.6 is 0 Å². The zero-order valence-electron chi connectivity index (χ0n) is 16.0. The second-order valence-corrected chi connectivity index (χ2v) is 8.01. The molecule has 0 bridgehead atoms. The van der Waals surface area contributed by atoms with Gasteiger partial charge in [-0.3, -0.25) is 4.98 Å². The molecule has 1 saturated heterocycles. The summed E-state index contributed by atoms with van der Waals surface area (Å²) in [5, 5.41) is 13.7. The van der Waals surface area contributed by atoms with Gasteiger partial charge in [-0.1, -0.05) is 18.9 Å². The molecule has 26 heavy (non-hydrogen) atoms. The minimum absolute atomic E-state index is 0.0314.